The van der Waals surface area contributed by atoms with E-state index in [1.165, 1.54) is 0 Å². The Hall–Kier alpha value is -2.05. The summed E-state index contributed by atoms with van der Waals surface area (Å²) in [4.78, 5) is 6.65. The number of hydrogen-bond donors (Lipinski definition) is 2. The molecule has 0 spiro atoms. The minimum Gasteiger partial charge on any atom is -0.433 e. The molecule has 0 radical (unpaired) electrons. The Balaban J connectivity index is 2.00. The summed E-state index contributed by atoms with van der Waals surface area (Å²) in [5.74, 6) is 1.52. The maximum absolute atomic E-state index is 12.6. The third-order valence-corrected chi connectivity index (χ3v) is 3.91. The lowest BCUT2D eigenvalue weighted by Gasteiger charge is -2.22. The molecule has 5 nitrogen and oxygen atoms in total. The molecule has 1 aliphatic rings. The zero-order chi connectivity index (χ0) is 18.2. The lowest BCUT2D eigenvalue weighted by Crippen LogP contribution is -2.44. The van der Waals surface area contributed by atoms with E-state index < -0.39 is 6.61 Å². The number of guanidine groups is 1. The molecule has 2 rings (SSSR count). The fraction of sp³-hybridized carbons (Fsp3) is 0.611. The monoisotopic (exact) mass is 354 g/mol. The van der Waals surface area contributed by atoms with Crippen molar-refractivity contribution in [1.82, 2.24) is 10.6 Å². The standard InChI is InChI=1S/C18H28F2N4O/c1-4-21-18(22-11-13(2)3)23-14-9-10-24(12-14)15-7-5-6-8-16(15)25-17(19)20/h5-8,13-14,17H,4,9-12H2,1-3H3,(H2,21,22,23). The van der Waals surface area contributed by atoms with Gasteiger partial charge in [0, 0.05) is 32.2 Å². The largest absolute Gasteiger partial charge is 0.433 e. The van der Waals surface area contributed by atoms with Crippen LogP contribution in [-0.2, 0) is 0 Å². The number of para-hydroxylation sites is 2. The molecule has 1 aromatic rings. The van der Waals surface area contributed by atoms with E-state index in [0.717, 1.165) is 38.6 Å². The molecule has 0 bridgehead atoms. The van der Waals surface area contributed by atoms with Crippen LogP contribution in [0.25, 0.3) is 0 Å². The molecule has 0 saturated carbocycles. The van der Waals surface area contributed by atoms with Crippen molar-refractivity contribution in [3.05, 3.63) is 24.3 Å². The molecule has 2 N–H and O–H groups in total. The molecule has 1 saturated heterocycles. The molecule has 0 aromatic heterocycles. The van der Waals surface area contributed by atoms with E-state index in [1.807, 2.05) is 19.1 Å². The van der Waals surface area contributed by atoms with Crippen molar-refractivity contribution in [2.24, 2.45) is 10.9 Å². The van der Waals surface area contributed by atoms with Gasteiger partial charge in [-0.3, -0.25) is 4.99 Å². The van der Waals surface area contributed by atoms with Crippen LogP contribution in [0.15, 0.2) is 29.3 Å². The van der Waals surface area contributed by atoms with Gasteiger partial charge in [0.2, 0.25) is 0 Å². The van der Waals surface area contributed by atoms with Gasteiger partial charge in [-0.2, -0.15) is 8.78 Å². The number of rotatable bonds is 7. The second-order valence-electron chi connectivity index (χ2n) is 6.54. The van der Waals surface area contributed by atoms with Gasteiger partial charge in [0.1, 0.15) is 5.75 Å². The Kier molecular flexibility index (Phi) is 7.28. The van der Waals surface area contributed by atoms with Crippen molar-refractivity contribution < 1.29 is 13.5 Å². The Morgan fingerprint density at radius 1 is 1.36 bits per heavy atom. The first-order valence-corrected chi connectivity index (χ1v) is 8.83. The molecule has 1 aliphatic heterocycles. The fourth-order valence-corrected chi connectivity index (χ4v) is 2.80. The number of hydrogen-bond acceptors (Lipinski definition) is 3. The summed E-state index contributed by atoms with van der Waals surface area (Å²) < 4.78 is 29.8. The van der Waals surface area contributed by atoms with E-state index >= 15 is 0 Å². The lowest BCUT2D eigenvalue weighted by molar-refractivity contribution is -0.0495. The molecule has 25 heavy (non-hydrogen) atoms. The summed E-state index contributed by atoms with van der Waals surface area (Å²) in [5.41, 5.74) is 0.705. The first kappa shape index (κ1) is 19.3. The number of anilines is 1. The summed E-state index contributed by atoms with van der Waals surface area (Å²) in [6.07, 6.45) is 0.912. The third-order valence-electron chi connectivity index (χ3n) is 3.91. The predicted molar refractivity (Wildman–Crippen MR) is 97.6 cm³/mol. The quantitative estimate of drug-likeness (QED) is 0.584. The minimum atomic E-state index is -2.82. The van der Waals surface area contributed by atoms with Gasteiger partial charge in [0.15, 0.2) is 5.96 Å². The second-order valence-corrected chi connectivity index (χ2v) is 6.54. The van der Waals surface area contributed by atoms with Crippen LogP contribution >= 0.6 is 0 Å². The molecule has 7 heteroatoms. The highest BCUT2D eigenvalue weighted by Gasteiger charge is 2.26. The predicted octanol–water partition coefficient (Wildman–Crippen LogP) is 3.08. The highest BCUT2D eigenvalue weighted by Crippen LogP contribution is 2.31. The van der Waals surface area contributed by atoms with Crippen molar-refractivity contribution in [1.29, 1.82) is 0 Å². The first-order chi connectivity index (χ1) is 12.0. The molecule has 140 valence electrons. The average molecular weight is 354 g/mol. The van der Waals surface area contributed by atoms with Crippen LogP contribution in [0.3, 0.4) is 0 Å². The summed E-state index contributed by atoms with van der Waals surface area (Å²) in [6.45, 7) is 6.53. The van der Waals surface area contributed by atoms with E-state index in [0.29, 0.717) is 11.6 Å². The van der Waals surface area contributed by atoms with Crippen LogP contribution < -0.4 is 20.3 Å². The zero-order valence-electron chi connectivity index (χ0n) is 15.1. The second kappa shape index (κ2) is 9.44. The molecule has 1 atom stereocenters. The molecule has 0 aliphatic carbocycles. The van der Waals surface area contributed by atoms with Gasteiger partial charge in [0.25, 0.3) is 0 Å². The molecule has 1 unspecified atom stereocenters. The van der Waals surface area contributed by atoms with Gasteiger partial charge in [-0.05, 0) is 31.4 Å². The normalized spacial score (nSPS) is 18.1. The summed E-state index contributed by atoms with van der Waals surface area (Å²) in [6, 6.07) is 7.15. The molecular formula is C18H28F2N4O. The topological polar surface area (TPSA) is 48.9 Å². The first-order valence-electron chi connectivity index (χ1n) is 8.83. The highest BCUT2D eigenvalue weighted by molar-refractivity contribution is 5.80. The fourth-order valence-electron chi connectivity index (χ4n) is 2.80. The molecular weight excluding hydrogens is 326 g/mol. The number of alkyl halides is 2. The number of ether oxygens (including phenoxy) is 1. The molecule has 1 fully saturated rings. The number of nitrogens with zero attached hydrogens (tertiary/aromatic N) is 2. The number of halogens is 2. The van der Waals surface area contributed by atoms with Gasteiger partial charge in [0.05, 0.1) is 5.69 Å². The van der Waals surface area contributed by atoms with Crippen LogP contribution in [0, 0.1) is 5.92 Å². The Bertz CT molecular complexity index is 566. The summed E-state index contributed by atoms with van der Waals surface area (Å²) in [7, 11) is 0. The van der Waals surface area contributed by atoms with Crippen molar-refractivity contribution >= 4 is 11.6 Å². The number of benzene rings is 1. The van der Waals surface area contributed by atoms with E-state index in [4.69, 9.17) is 0 Å². The number of aliphatic imine (C=N–C) groups is 1. The van der Waals surface area contributed by atoms with Crippen molar-refractivity contribution in [3.63, 3.8) is 0 Å². The van der Waals surface area contributed by atoms with E-state index in [2.05, 4.69) is 39.1 Å². The Morgan fingerprint density at radius 2 is 2.12 bits per heavy atom. The lowest BCUT2D eigenvalue weighted by atomic mass is 10.2. The van der Waals surface area contributed by atoms with Crippen LogP contribution in [-0.4, -0.2) is 44.8 Å². The van der Waals surface area contributed by atoms with Crippen molar-refractivity contribution in [3.8, 4) is 5.75 Å². The minimum absolute atomic E-state index is 0.213. The summed E-state index contributed by atoms with van der Waals surface area (Å²) in [5, 5.41) is 6.69. The van der Waals surface area contributed by atoms with Gasteiger partial charge in [-0.1, -0.05) is 26.0 Å². The zero-order valence-corrected chi connectivity index (χ0v) is 15.1. The molecule has 1 aromatic carbocycles. The van der Waals surface area contributed by atoms with Crippen molar-refractivity contribution in [2.75, 3.05) is 31.1 Å². The van der Waals surface area contributed by atoms with Crippen LogP contribution in [0.1, 0.15) is 27.2 Å². The third kappa shape index (κ3) is 6.07. The summed E-state index contributed by atoms with van der Waals surface area (Å²) >= 11 is 0. The van der Waals surface area contributed by atoms with E-state index in [1.54, 1.807) is 12.1 Å². The maximum atomic E-state index is 12.6. The maximum Gasteiger partial charge on any atom is 0.387 e. The molecule has 1 heterocycles. The van der Waals surface area contributed by atoms with Crippen LogP contribution in [0.4, 0.5) is 14.5 Å². The highest BCUT2D eigenvalue weighted by atomic mass is 19.3. The molecule has 0 amide bonds. The van der Waals surface area contributed by atoms with Gasteiger partial charge >= 0.3 is 6.61 Å². The Labute approximate surface area is 148 Å². The number of nitrogens with one attached hydrogen (secondary N) is 2. The van der Waals surface area contributed by atoms with Gasteiger partial charge in [-0.15, -0.1) is 0 Å². The SMILES string of the molecule is CCNC(=NCC(C)C)NC1CCN(c2ccccc2OC(F)F)C1. The van der Waals surface area contributed by atoms with Gasteiger partial charge < -0.3 is 20.3 Å². The average Bonchev–Trinajstić information content (AvgIpc) is 3.01. The van der Waals surface area contributed by atoms with E-state index in [-0.39, 0.29) is 11.8 Å². The van der Waals surface area contributed by atoms with Crippen LogP contribution in [0.2, 0.25) is 0 Å². The van der Waals surface area contributed by atoms with Crippen LogP contribution in [0.5, 0.6) is 5.75 Å². The van der Waals surface area contributed by atoms with E-state index in [9.17, 15) is 8.78 Å². The Morgan fingerprint density at radius 3 is 2.80 bits per heavy atom. The van der Waals surface area contributed by atoms with Crippen molar-refractivity contribution in [2.45, 2.75) is 39.8 Å². The smallest absolute Gasteiger partial charge is 0.387 e. The van der Waals surface area contributed by atoms with Gasteiger partial charge in [-0.25, -0.2) is 0 Å².